The maximum atomic E-state index is 12.8. The van der Waals surface area contributed by atoms with Gasteiger partial charge in [0.1, 0.15) is 0 Å². The molecule has 0 radical (unpaired) electrons. The molecule has 0 aromatic heterocycles. The lowest BCUT2D eigenvalue weighted by molar-refractivity contribution is -0.117. The first-order valence-corrected chi connectivity index (χ1v) is 10.1. The van der Waals surface area contributed by atoms with Crippen LogP contribution in [0.3, 0.4) is 0 Å². The van der Waals surface area contributed by atoms with Crippen molar-refractivity contribution in [1.82, 2.24) is 10.6 Å². The zero-order valence-corrected chi connectivity index (χ0v) is 17.6. The quantitative estimate of drug-likeness (QED) is 0.235. The van der Waals surface area contributed by atoms with Gasteiger partial charge in [-0.25, -0.2) is 4.79 Å². The monoisotopic (exact) mass is 453 g/mol. The predicted molar refractivity (Wildman–Crippen MR) is 121 cm³/mol. The van der Waals surface area contributed by atoms with E-state index in [1.54, 1.807) is 12.1 Å². The molecule has 0 saturated carbocycles. The number of carbonyl (C=O) groups excluding carboxylic acids is 3. The number of carbonyl (C=O) groups is 4. The van der Waals surface area contributed by atoms with E-state index in [0.29, 0.717) is 12.0 Å². The fraction of sp³-hybridized carbons (Fsp3) is 0.130. The van der Waals surface area contributed by atoms with Crippen LogP contribution in [0.15, 0.2) is 60.7 Å². The topological polar surface area (TPSA) is 125 Å². The van der Waals surface area contributed by atoms with Gasteiger partial charge in [0.05, 0.1) is 11.3 Å². The van der Waals surface area contributed by atoms with Gasteiger partial charge in [-0.1, -0.05) is 41.9 Å². The van der Waals surface area contributed by atoms with Gasteiger partial charge in [-0.05, 0) is 47.5 Å². The summed E-state index contributed by atoms with van der Waals surface area (Å²) in [5.74, 6) is -2.19. The average Bonchev–Trinajstić information content (AvgIpc) is 2.78. The molecule has 4 N–H and O–H groups in total. The number of carboxylic acid groups (broad SMARTS) is 1. The Hall–Kier alpha value is -3.91. The molecule has 0 aliphatic carbocycles. The maximum absolute atomic E-state index is 12.8. The van der Waals surface area contributed by atoms with Gasteiger partial charge < -0.3 is 21.1 Å². The Labute approximate surface area is 188 Å². The molecule has 0 heterocycles. The number of hydrogen-bond donors (Lipinski definition) is 4. The first-order chi connectivity index (χ1) is 15.3. The van der Waals surface area contributed by atoms with E-state index in [1.807, 2.05) is 30.3 Å². The third kappa shape index (κ3) is 5.83. The molecule has 0 aliphatic heterocycles. The van der Waals surface area contributed by atoms with Crippen LogP contribution >= 0.6 is 11.6 Å². The summed E-state index contributed by atoms with van der Waals surface area (Å²) in [6.45, 7) is 0.234. The Bertz CT molecular complexity index is 1200. The highest BCUT2D eigenvalue weighted by molar-refractivity contribution is 6.44. The number of rotatable bonds is 8. The zero-order chi connectivity index (χ0) is 23.1. The summed E-state index contributed by atoms with van der Waals surface area (Å²) in [4.78, 5) is 48.1. The molecule has 0 spiro atoms. The van der Waals surface area contributed by atoms with Gasteiger partial charge in [0.25, 0.3) is 17.6 Å². The van der Waals surface area contributed by atoms with Gasteiger partial charge in [-0.2, -0.15) is 0 Å². The van der Waals surface area contributed by atoms with Crippen molar-refractivity contribution >= 4 is 51.8 Å². The number of Topliss-reactive ketones (excluding diaryl/α,β-unsaturated/α-hetero) is 1. The number of hydrogen-bond acceptors (Lipinski definition) is 4. The Morgan fingerprint density at radius 3 is 2.31 bits per heavy atom. The minimum absolute atomic E-state index is 0.0483. The van der Waals surface area contributed by atoms with Crippen LogP contribution in [0.25, 0.3) is 10.8 Å². The van der Waals surface area contributed by atoms with Crippen molar-refractivity contribution in [2.24, 2.45) is 0 Å². The van der Waals surface area contributed by atoms with Gasteiger partial charge in [0.2, 0.25) is 0 Å². The van der Waals surface area contributed by atoms with Gasteiger partial charge in [-0.3, -0.25) is 14.4 Å². The highest BCUT2D eigenvalue weighted by Gasteiger charge is 2.21. The van der Waals surface area contributed by atoms with E-state index in [1.165, 1.54) is 18.2 Å². The smallest absolute Gasteiger partial charge is 0.404 e. The van der Waals surface area contributed by atoms with Crippen LogP contribution in [0.4, 0.5) is 10.5 Å². The van der Waals surface area contributed by atoms with Crippen molar-refractivity contribution in [2.45, 2.75) is 6.42 Å². The number of ketones is 1. The number of anilines is 1. The summed E-state index contributed by atoms with van der Waals surface area (Å²) >= 11 is 6.00. The molecule has 0 bridgehead atoms. The molecule has 0 saturated heterocycles. The van der Waals surface area contributed by atoms with E-state index >= 15 is 0 Å². The Morgan fingerprint density at radius 2 is 1.56 bits per heavy atom. The van der Waals surface area contributed by atoms with Crippen LogP contribution in [0.2, 0.25) is 5.02 Å². The van der Waals surface area contributed by atoms with Crippen molar-refractivity contribution in [2.75, 3.05) is 18.4 Å². The van der Waals surface area contributed by atoms with Crippen LogP contribution in [0.1, 0.15) is 27.1 Å². The van der Waals surface area contributed by atoms with E-state index in [9.17, 15) is 19.2 Å². The summed E-state index contributed by atoms with van der Waals surface area (Å²) in [5, 5.41) is 17.9. The molecule has 3 aromatic rings. The Balaban J connectivity index is 1.72. The van der Waals surface area contributed by atoms with Crippen LogP contribution in [0.5, 0.6) is 0 Å². The van der Waals surface area contributed by atoms with Crippen molar-refractivity contribution in [3.05, 3.63) is 76.8 Å². The molecule has 8 nitrogen and oxygen atoms in total. The second-order valence-electron chi connectivity index (χ2n) is 6.88. The van der Waals surface area contributed by atoms with Crippen molar-refractivity contribution < 1.29 is 24.3 Å². The van der Waals surface area contributed by atoms with Gasteiger partial charge in [0, 0.05) is 23.7 Å². The molecular weight excluding hydrogens is 434 g/mol. The van der Waals surface area contributed by atoms with E-state index < -0.39 is 23.7 Å². The number of halogens is 1. The molecule has 0 aliphatic rings. The molecule has 3 rings (SSSR count). The number of amides is 3. The molecule has 164 valence electrons. The highest BCUT2D eigenvalue weighted by Crippen LogP contribution is 2.23. The maximum Gasteiger partial charge on any atom is 0.404 e. The minimum atomic E-state index is -1.17. The van der Waals surface area contributed by atoms with E-state index in [-0.39, 0.29) is 29.4 Å². The number of benzene rings is 3. The second kappa shape index (κ2) is 10.4. The molecule has 9 heteroatoms. The molecule has 3 amide bonds. The zero-order valence-electron chi connectivity index (χ0n) is 16.9. The van der Waals surface area contributed by atoms with Gasteiger partial charge >= 0.3 is 6.09 Å². The molecule has 3 aromatic carbocycles. The molecule has 32 heavy (non-hydrogen) atoms. The van der Waals surface area contributed by atoms with Crippen molar-refractivity contribution in [3.63, 3.8) is 0 Å². The molecular formula is C23H20ClN3O5. The lowest BCUT2D eigenvalue weighted by Gasteiger charge is -2.12. The second-order valence-corrected chi connectivity index (χ2v) is 7.31. The average molecular weight is 454 g/mol. The summed E-state index contributed by atoms with van der Waals surface area (Å²) in [7, 11) is 0. The van der Waals surface area contributed by atoms with Crippen LogP contribution in [0, 0.1) is 0 Å². The third-order valence-corrected chi connectivity index (χ3v) is 4.84. The van der Waals surface area contributed by atoms with E-state index in [4.69, 9.17) is 16.7 Å². The van der Waals surface area contributed by atoms with Crippen LogP contribution < -0.4 is 16.0 Å². The summed E-state index contributed by atoms with van der Waals surface area (Å²) in [5.41, 5.74) is 0.500. The molecule has 0 fully saturated rings. The third-order valence-electron chi connectivity index (χ3n) is 4.61. The summed E-state index contributed by atoms with van der Waals surface area (Å²) in [6.07, 6.45) is -0.856. The standard InChI is InChI=1S/C23H20ClN3O5/c24-17-8-9-19(18(13-17)20(28)22(30)25-10-3-11-26-23(31)32)27-21(29)16-7-6-14-4-1-2-5-15(14)12-16/h1-2,4-9,12-13,26H,3,10-11H2,(H,25,30)(H,27,29)(H,31,32). The summed E-state index contributed by atoms with van der Waals surface area (Å²) < 4.78 is 0. The summed E-state index contributed by atoms with van der Waals surface area (Å²) in [6, 6.07) is 17.1. The highest BCUT2D eigenvalue weighted by atomic mass is 35.5. The van der Waals surface area contributed by atoms with Crippen LogP contribution in [-0.2, 0) is 4.79 Å². The van der Waals surface area contributed by atoms with Gasteiger partial charge in [-0.15, -0.1) is 0 Å². The van der Waals surface area contributed by atoms with Crippen LogP contribution in [-0.4, -0.2) is 41.9 Å². The van der Waals surface area contributed by atoms with E-state index in [0.717, 1.165) is 10.8 Å². The molecule has 0 atom stereocenters. The fourth-order valence-corrected chi connectivity index (χ4v) is 3.20. The van der Waals surface area contributed by atoms with E-state index in [2.05, 4.69) is 16.0 Å². The Kier molecular flexibility index (Phi) is 7.41. The number of nitrogens with one attached hydrogen (secondary N) is 3. The normalized spacial score (nSPS) is 10.4. The first-order valence-electron chi connectivity index (χ1n) is 9.74. The van der Waals surface area contributed by atoms with Crippen molar-refractivity contribution in [3.8, 4) is 0 Å². The fourth-order valence-electron chi connectivity index (χ4n) is 3.03. The SMILES string of the molecule is O=C(O)NCCCNC(=O)C(=O)c1cc(Cl)ccc1NC(=O)c1ccc2ccccc2c1. The number of fused-ring (bicyclic) bond motifs is 1. The Morgan fingerprint density at radius 1 is 0.844 bits per heavy atom. The largest absolute Gasteiger partial charge is 0.465 e. The first kappa shape index (κ1) is 22.8. The van der Waals surface area contributed by atoms with Gasteiger partial charge in [0.15, 0.2) is 0 Å². The minimum Gasteiger partial charge on any atom is -0.465 e. The molecule has 0 unspecified atom stereocenters. The lowest BCUT2D eigenvalue weighted by Crippen LogP contribution is -2.34. The predicted octanol–water partition coefficient (Wildman–Crippen LogP) is 3.70. The lowest BCUT2D eigenvalue weighted by atomic mass is 10.1. The van der Waals surface area contributed by atoms with Crippen molar-refractivity contribution in [1.29, 1.82) is 0 Å².